The highest BCUT2D eigenvalue weighted by Crippen LogP contribution is 2.41. The summed E-state index contributed by atoms with van der Waals surface area (Å²) in [5, 5.41) is 2.03. The highest BCUT2D eigenvalue weighted by molar-refractivity contribution is 7.92. The van der Waals surface area contributed by atoms with Gasteiger partial charge in [-0.05, 0) is 56.0 Å². The minimum atomic E-state index is -4.60. The van der Waals surface area contributed by atoms with Crippen molar-refractivity contribution in [2.24, 2.45) is 0 Å². The smallest absolute Gasteiger partial charge is 0.318 e. The van der Waals surface area contributed by atoms with Crippen molar-refractivity contribution in [1.82, 2.24) is 4.90 Å². The molecule has 2 aromatic carbocycles. The van der Waals surface area contributed by atoms with E-state index in [1.807, 2.05) is 0 Å². The zero-order chi connectivity index (χ0) is 22.4. The number of benzene rings is 2. The van der Waals surface area contributed by atoms with Crippen molar-refractivity contribution in [3.8, 4) is 0 Å². The summed E-state index contributed by atoms with van der Waals surface area (Å²) in [4.78, 5) is 14.5. The van der Waals surface area contributed by atoms with E-state index in [9.17, 15) is 26.4 Å². The van der Waals surface area contributed by atoms with E-state index < -0.39 is 32.9 Å². The molecule has 10 heteroatoms. The Morgan fingerprint density at radius 2 is 1.68 bits per heavy atom. The number of alkyl halides is 3. The molecule has 0 radical (unpaired) electrons. The summed E-state index contributed by atoms with van der Waals surface area (Å²) in [7, 11) is -3.64. The molecule has 2 aliphatic heterocycles. The molecule has 2 saturated heterocycles. The van der Waals surface area contributed by atoms with E-state index in [0.717, 1.165) is 6.07 Å². The molecule has 166 valence electrons. The van der Waals surface area contributed by atoms with E-state index >= 15 is 0 Å². The van der Waals surface area contributed by atoms with Crippen LogP contribution in [0.4, 0.5) is 23.7 Å². The average molecular weight is 473 g/mol. The average Bonchev–Trinajstić information content (AvgIpc) is 2.97. The third-order valence-electron chi connectivity index (χ3n) is 5.96. The first kappa shape index (κ1) is 22.0. The molecule has 31 heavy (non-hydrogen) atoms. The first-order chi connectivity index (χ1) is 14.6. The highest BCUT2D eigenvalue weighted by atomic mass is 35.5. The van der Waals surface area contributed by atoms with Gasteiger partial charge in [0.2, 0.25) is 0 Å². The van der Waals surface area contributed by atoms with Crippen molar-refractivity contribution in [1.29, 1.82) is 0 Å². The normalized spacial score (nSPS) is 23.6. The van der Waals surface area contributed by atoms with Crippen LogP contribution < -0.4 is 5.32 Å². The van der Waals surface area contributed by atoms with Gasteiger partial charge in [-0.15, -0.1) is 0 Å². The van der Waals surface area contributed by atoms with Gasteiger partial charge < -0.3 is 10.2 Å². The van der Waals surface area contributed by atoms with Gasteiger partial charge in [-0.3, -0.25) is 0 Å². The predicted molar refractivity (Wildman–Crippen MR) is 111 cm³/mol. The fraction of sp³-hybridized carbons (Fsp3) is 0.381. The van der Waals surface area contributed by atoms with E-state index in [1.54, 1.807) is 12.1 Å². The molecule has 2 atom stereocenters. The number of carbonyl (C=O) groups excluding carboxylic acids is 1. The Balaban J connectivity index is 1.52. The van der Waals surface area contributed by atoms with Gasteiger partial charge >= 0.3 is 12.2 Å². The number of anilines is 1. The number of piperidine rings is 1. The van der Waals surface area contributed by atoms with Gasteiger partial charge in [0.15, 0.2) is 9.84 Å². The Kier molecular flexibility index (Phi) is 5.68. The lowest BCUT2D eigenvalue weighted by Crippen LogP contribution is -2.51. The number of urea groups is 1. The summed E-state index contributed by atoms with van der Waals surface area (Å²) in [5.41, 5.74) is -1.23. The Hall–Kier alpha value is -2.26. The Bertz CT molecular complexity index is 1090. The summed E-state index contributed by atoms with van der Waals surface area (Å²) in [5.74, 6) is 0. The molecule has 2 bridgehead atoms. The first-order valence-corrected chi connectivity index (χ1v) is 11.7. The van der Waals surface area contributed by atoms with E-state index in [4.69, 9.17) is 11.6 Å². The van der Waals surface area contributed by atoms with Gasteiger partial charge in [-0.1, -0.05) is 29.8 Å². The van der Waals surface area contributed by atoms with Crippen LogP contribution in [-0.4, -0.2) is 36.7 Å². The van der Waals surface area contributed by atoms with Gasteiger partial charge in [0.1, 0.15) is 0 Å². The first-order valence-electron chi connectivity index (χ1n) is 9.82. The number of nitrogens with zero attached hydrogens (tertiary/aromatic N) is 1. The molecule has 0 spiro atoms. The number of hydrogen-bond acceptors (Lipinski definition) is 3. The van der Waals surface area contributed by atoms with Gasteiger partial charge in [0.05, 0.1) is 21.4 Å². The van der Waals surface area contributed by atoms with Crippen molar-refractivity contribution < 1.29 is 26.4 Å². The van der Waals surface area contributed by atoms with Crippen molar-refractivity contribution in [3.63, 3.8) is 0 Å². The maximum Gasteiger partial charge on any atom is 0.418 e. The van der Waals surface area contributed by atoms with E-state index in [0.29, 0.717) is 17.9 Å². The van der Waals surface area contributed by atoms with Crippen LogP contribution in [0.5, 0.6) is 0 Å². The lowest BCUT2D eigenvalue weighted by molar-refractivity contribution is -0.136. The van der Waals surface area contributed by atoms with Crippen molar-refractivity contribution >= 4 is 33.2 Å². The lowest BCUT2D eigenvalue weighted by Gasteiger charge is -2.38. The third-order valence-corrected chi connectivity index (χ3v) is 8.37. The Morgan fingerprint density at radius 3 is 2.29 bits per heavy atom. The molecule has 2 unspecified atom stereocenters. The van der Waals surface area contributed by atoms with Crippen LogP contribution in [0.25, 0.3) is 0 Å². The van der Waals surface area contributed by atoms with Crippen LogP contribution in [0, 0.1) is 0 Å². The van der Waals surface area contributed by atoms with Gasteiger partial charge in [-0.2, -0.15) is 13.2 Å². The van der Waals surface area contributed by atoms with Crippen LogP contribution in [-0.2, 0) is 16.0 Å². The maximum atomic E-state index is 13.2. The second kappa shape index (κ2) is 8.02. The summed E-state index contributed by atoms with van der Waals surface area (Å²) in [6.45, 7) is 0. The maximum absolute atomic E-state index is 13.2. The lowest BCUT2D eigenvalue weighted by atomic mass is 10.0. The summed E-state index contributed by atoms with van der Waals surface area (Å²) in [6, 6.07) is 9.53. The van der Waals surface area contributed by atoms with Crippen LogP contribution in [0.1, 0.15) is 31.2 Å². The quantitative estimate of drug-likeness (QED) is 0.654. The minimum Gasteiger partial charge on any atom is -0.318 e. The molecule has 0 saturated carbocycles. The molecule has 2 aliphatic rings. The number of fused-ring (bicyclic) bond motifs is 2. The van der Waals surface area contributed by atoms with Crippen LogP contribution in [0.3, 0.4) is 0 Å². The zero-order valence-electron chi connectivity index (χ0n) is 16.3. The molecule has 5 nitrogen and oxygen atoms in total. The fourth-order valence-corrected chi connectivity index (χ4v) is 6.72. The molecule has 2 aromatic rings. The van der Waals surface area contributed by atoms with E-state index in [-0.39, 0.29) is 35.5 Å². The molecule has 2 fully saturated rings. The van der Waals surface area contributed by atoms with E-state index in [2.05, 4.69) is 5.32 Å². The fourth-order valence-electron chi connectivity index (χ4n) is 4.57. The summed E-state index contributed by atoms with van der Waals surface area (Å²) in [6.07, 6.45) is -2.90. The predicted octanol–water partition coefficient (Wildman–Crippen LogP) is 5.36. The van der Waals surface area contributed by atoms with Crippen molar-refractivity contribution in [2.75, 3.05) is 5.32 Å². The number of carbonyl (C=O) groups is 1. The van der Waals surface area contributed by atoms with Crippen molar-refractivity contribution in [2.45, 2.75) is 54.1 Å². The number of sulfone groups is 1. The number of para-hydroxylation sites is 1. The molecule has 0 aromatic heterocycles. The van der Waals surface area contributed by atoms with Crippen LogP contribution in [0.2, 0.25) is 5.02 Å². The van der Waals surface area contributed by atoms with Gasteiger partial charge in [0, 0.05) is 17.1 Å². The Labute approximate surface area is 183 Å². The largest absolute Gasteiger partial charge is 0.418 e. The zero-order valence-corrected chi connectivity index (χ0v) is 17.8. The number of hydrogen-bond donors (Lipinski definition) is 1. The molecular weight excluding hydrogens is 453 g/mol. The van der Waals surface area contributed by atoms with Crippen LogP contribution >= 0.6 is 11.6 Å². The topological polar surface area (TPSA) is 66.5 Å². The number of rotatable bonds is 3. The second-order valence-electron chi connectivity index (χ2n) is 7.86. The number of nitrogens with one attached hydrogen (secondary N) is 1. The highest BCUT2D eigenvalue weighted by Gasteiger charge is 2.47. The minimum absolute atomic E-state index is 0.140. The molecule has 1 N–H and O–H groups in total. The number of amides is 2. The Morgan fingerprint density at radius 1 is 1.03 bits per heavy atom. The third kappa shape index (κ3) is 4.25. The van der Waals surface area contributed by atoms with Crippen molar-refractivity contribution in [3.05, 3.63) is 59.1 Å². The molecule has 2 heterocycles. The number of halogens is 4. The summed E-state index contributed by atoms with van der Waals surface area (Å²) >= 11 is 5.94. The molecule has 2 amide bonds. The summed E-state index contributed by atoms with van der Waals surface area (Å²) < 4.78 is 65.9. The monoisotopic (exact) mass is 472 g/mol. The van der Waals surface area contributed by atoms with Crippen LogP contribution in [0.15, 0.2) is 53.4 Å². The van der Waals surface area contributed by atoms with Gasteiger partial charge in [-0.25, -0.2) is 13.2 Å². The SMILES string of the molecule is O=C(Nc1ccccc1C(F)(F)F)N1C2CCC1CC(S(=O)(=O)c1cccc(Cl)c1)C2. The molecule has 0 aliphatic carbocycles. The second-order valence-corrected chi connectivity index (χ2v) is 10.5. The molecule has 4 rings (SSSR count). The van der Waals surface area contributed by atoms with E-state index in [1.165, 1.54) is 35.2 Å². The molecular formula is C21H20ClF3N2O3S. The van der Waals surface area contributed by atoms with Gasteiger partial charge in [0.25, 0.3) is 0 Å². The standard InChI is InChI=1S/C21H20ClF3N2O3S/c22-13-4-3-5-16(10-13)31(29,30)17-11-14-8-9-15(12-17)27(14)20(28)26-19-7-2-1-6-18(19)21(23,24)25/h1-7,10,14-15,17H,8-9,11-12H2,(H,26,28).